The van der Waals surface area contributed by atoms with Gasteiger partial charge < -0.3 is 9.32 Å². The second kappa shape index (κ2) is 5.42. The summed E-state index contributed by atoms with van der Waals surface area (Å²) in [5, 5.41) is 4.98. The summed E-state index contributed by atoms with van der Waals surface area (Å²) >= 11 is 9.22. The van der Waals surface area contributed by atoms with E-state index in [1.807, 2.05) is 15.8 Å². The maximum Gasteiger partial charge on any atom is 0.290 e. The summed E-state index contributed by atoms with van der Waals surface area (Å²) in [5.74, 6) is 0.402. The van der Waals surface area contributed by atoms with Crippen LogP contribution in [0.1, 0.15) is 42.3 Å². The van der Waals surface area contributed by atoms with Crippen LogP contribution in [0.2, 0.25) is 5.02 Å². The normalized spacial score (nSPS) is 27.4. The molecule has 4 rings (SSSR count). The number of furan rings is 1. The van der Waals surface area contributed by atoms with Crippen molar-refractivity contribution in [2.45, 2.75) is 43.8 Å². The number of fused-ring (bicyclic) bond motifs is 2. The summed E-state index contributed by atoms with van der Waals surface area (Å²) in [7, 11) is 0. The molecule has 2 aliphatic heterocycles. The Labute approximate surface area is 141 Å². The first-order valence-electron chi connectivity index (χ1n) is 7.39. The summed E-state index contributed by atoms with van der Waals surface area (Å²) < 4.78 is 7.96. The quantitative estimate of drug-likeness (QED) is 0.789. The second-order valence-electron chi connectivity index (χ2n) is 5.96. The van der Waals surface area contributed by atoms with Crippen molar-refractivity contribution in [3.63, 3.8) is 0 Å². The molecule has 4 heterocycles. The molecule has 2 aromatic heterocycles. The van der Waals surface area contributed by atoms with Crippen LogP contribution in [-0.2, 0) is 0 Å². The predicted molar refractivity (Wildman–Crippen MR) is 84.9 cm³/mol. The Bertz CT molecular complexity index is 699. The predicted octanol–water partition coefficient (Wildman–Crippen LogP) is 3.90. The van der Waals surface area contributed by atoms with Gasteiger partial charge in [0, 0.05) is 18.3 Å². The lowest BCUT2D eigenvalue weighted by Crippen LogP contribution is -2.46. The Morgan fingerprint density at radius 3 is 2.55 bits per heavy atom. The fourth-order valence-corrected chi connectivity index (χ4v) is 4.22. The molecular weight excluding hydrogens is 370 g/mol. The molecule has 2 saturated heterocycles. The lowest BCUT2D eigenvalue weighted by molar-refractivity contribution is 0.0491. The van der Waals surface area contributed by atoms with Crippen LogP contribution in [0.15, 0.2) is 33.6 Å². The Balaban J connectivity index is 1.55. The second-order valence-corrected chi connectivity index (χ2v) is 7.18. The minimum atomic E-state index is -0.00449. The summed E-state index contributed by atoms with van der Waals surface area (Å²) in [4.78, 5) is 14.7. The van der Waals surface area contributed by atoms with Crippen molar-refractivity contribution >= 4 is 33.4 Å². The maximum atomic E-state index is 12.7. The smallest absolute Gasteiger partial charge is 0.290 e. The first kappa shape index (κ1) is 14.3. The lowest BCUT2D eigenvalue weighted by Gasteiger charge is -2.38. The number of piperidine rings is 1. The fraction of sp³-hybridized carbons (Fsp3) is 0.467. The number of nitrogens with zero attached hydrogens (tertiary/aromatic N) is 3. The van der Waals surface area contributed by atoms with Crippen molar-refractivity contribution in [2.75, 3.05) is 0 Å². The Kier molecular flexibility index (Phi) is 3.53. The highest BCUT2D eigenvalue weighted by molar-refractivity contribution is 9.10. The highest BCUT2D eigenvalue weighted by atomic mass is 79.9. The Morgan fingerprint density at radius 2 is 2.00 bits per heavy atom. The number of rotatable bonds is 2. The van der Waals surface area contributed by atoms with E-state index in [1.165, 1.54) is 0 Å². The Hall–Kier alpha value is -1.27. The van der Waals surface area contributed by atoms with Crippen molar-refractivity contribution in [2.24, 2.45) is 0 Å². The van der Waals surface area contributed by atoms with Crippen molar-refractivity contribution in [1.82, 2.24) is 14.7 Å². The molecule has 2 bridgehead atoms. The number of hydrogen-bond donors (Lipinski definition) is 0. The topological polar surface area (TPSA) is 51.3 Å². The molecule has 0 spiro atoms. The average molecular weight is 385 g/mol. The molecule has 2 fully saturated rings. The molecule has 7 heteroatoms. The SMILES string of the molecule is O=C(c1ccc(Br)o1)N1C2CCC1CC(n1cc(Cl)cn1)C2. The minimum absolute atomic E-state index is 0.00449. The van der Waals surface area contributed by atoms with Gasteiger partial charge in [-0.15, -0.1) is 0 Å². The van der Waals surface area contributed by atoms with E-state index in [9.17, 15) is 4.79 Å². The molecule has 0 N–H and O–H groups in total. The van der Waals surface area contributed by atoms with Gasteiger partial charge in [0.1, 0.15) is 0 Å². The molecule has 0 saturated carbocycles. The van der Waals surface area contributed by atoms with E-state index in [0.717, 1.165) is 25.7 Å². The molecule has 1 amide bonds. The molecule has 5 nitrogen and oxygen atoms in total. The molecular formula is C15H15BrClN3O2. The van der Waals surface area contributed by atoms with Gasteiger partial charge in [0.25, 0.3) is 5.91 Å². The van der Waals surface area contributed by atoms with E-state index >= 15 is 0 Å². The van der Waals surface area contributed by atoms with Crippen molar-refractivity contribution < 1.29 is 9.21 Å². The van der Waals surface area contributed by atoms with Crippen LogP contribution in [0, 0.1) is 0 Å². The van der Waals surface area contributed by atoms with Gasteiger partial charge >= 0.3 is 0 Å². The highest BCUT2D eigenvalue weighted by Crippen LogP contribution is 2.41. The van der Waals surface area contributed by atoms with Crippen molar-refractivity contribution in [1.29, 1.82) is 0 Å². The van der Waals surface area contributed by atoms with E-state index in [2.05, 4.69) is 21.0 Å². The molecule has 2 aromatic rings. The van der Waals surface area contributed by atoms with Gasteiger partial charge in [-0.1, -0.05) is 11.6 Å². The zero-order valence-corrected chi connectivity index (χ0v) is 14.1. The number of carbonyl (C=O) groups excluding carboxylic acids is 1. The summed E-state index contributed by atoms with van der Waals surface area (Å²) in [5.41, 5.74) is 0. The van der Waals surface area contributed by atoms with Crippen LogP contribution in [-0.4, -0.2) is 32.7 Å². The largest absolute Gasteiger partial charge is 0.444 e. The van der Waals surface area contributed by atoms with Gasteiger partial charge in [-0.3, -0.25) is 9.48 Å². The van der Waals surface area contributed by atoms with Crippen LogP contribution in [0.25, 0.3) is 0 Å². The fourth-order valence-electron chi connectivity index (χ4n) is 3.77. The van der Waals surface area contributed by atoms with Gasteiger partial charge in [0.05, 0.1) is 17.3 Å². The van der Waals surface area contributed by atoms with Crippen LogP contribution in [0.3, 0.4) is 0 Å². The van der Waals surface area contributed by atoms with Gasteiger partial charge in [-0.25, -0.2) is 0 Å². The molecule has 22 heavy (non-hydrogen) atoms. The van der Waals surface area contributed by atoms with Gasteiger partial charge in [-0.05, 0) is 53.7 Å². The monoisotopic (exact) mass is 383 g/mol. The summed E-state index contributed by atoms with van der Waals surface area (Å²) in [6.45, 7) is 0. The third-order valence-corrected chi connectivity index (χ3v) is 5.29. The number of hydrogen-bond acceptors (Lipinski definition) is 3. The molecule has 2 unspecified atom stereocenters. The zero-order valence-electron chi connectivity index (χ0n) is 11.8. The number of halogens is 2. The number of carbonyl (C=O) groups is 1. The van der Waals surface area contributed by atoms with Crippen LogP contribution < -0.4 is 0 Å². The number of aromatic nitrogens is 2. The summed E-state index contributed by atoms with van der Waals surface area (Å²) in [6.07, 6.45) is 7.46. The van der Waals surface area contributed by atoms with Crippen LogP contribution in [0.5, 0.6) is 0 Å². The molecule has 0 aliphatic carbocycles. The van der Waals surface area contributed by atoms with Crippen molar-refractivity contribution in [3.05, 3.63) is 40.0 Å². The third kappa shape index (κ3) is 2.38. The first-order chi connectivity index (χ1) is 10.6. The third-order valence-electron chi connectivity index (χ3n) is 4.67. The van der Waals surface area contributed by atoms with E-state index in [1.54, 1.807) is 18.3 Å². The van der Waals surface area contributed by atoms with Gasteiger partial charge in [0.2, 0.25) is 0 Å². The molecule has 0 radical (unpaired) electrons. The Morgan fingerprint density at radius 1 is 1.27 bits per heavy atom. The summed E-state index contributed by atoms with van der Waals surface area (Å²) in [6, 6.07) is 4.31. The standard InChI is InChI=1S/C15H15BrClN3O2/c16-14-4-3-13(22-14)15(21)20-10-1-2-11(20)6-12(5-10)19-8-9(17)7-18-19/h3-4,7-8,10-12H,1-2,5-6H2. The van der Waals surface area contributed by atoms with Gasteiger partial charge in [0.15, 0.2) is 10.4 Å². The average Bonchev–Trinajstić information content (AvgIpc) is 3.17. The molecule has 0 aromatic carbocycles. The molecule has 116 valence electrons. The van der Waals surface area contributed by atoms with Crippen LogP contribution >= 0.6 is 27.5 Å². The molecule has 2 aliphatic rings. The first-order valence-corrected chi connectivity index (χ1v) is 8.56. The van der Waals surface area contributed by atoms with E-state index < -0.39 is 0 Å². The zero-order chi connectivity index (χ0) is 15.3. The minimum Gasteiger partial charge on any atom is -0.444 e. The van der Waals surface area contributed by atoms with Crippen molar-refractivity contribution in [3.8, 4) is 0 Å². The highest BCUT2D eigenvalue weighted by Gasteiger charge is 2.44. The molecule has 2 atom stereocenters. The van der Waals surface area contributed by atoms with E-state index in [0.29, 0.717) is 21.5 Å². The lowest BCUT2D eigenvalue weighted by atomic mass is 9.97. The van der Waals surface area contributed by atoms with E-state index in [4.69, 9.17) is 16.0 Å². The van der Waals surface area contributed by atoms with E-state index in [-0.39, 0.29) is 18.0 Å². The maximum absolute atomic E-state index is 12.7. The van der Waals surface area contributed by atoms with Crippen LogP contribution in [0.4, 0.5) is 0 Å². The van der Waals surface area contributed by atoms with Gasteiger partial charge in [-0.2, -0.15) is 5.10 Å². The number of amides is 1.